The summed E-state index contributed by atoms with van der Waals surface area (Å²) in [6.07, 6.45) is 3.34. The molecule has 0 aliphatic carbocycles. The molecule has 0 radical (unpaired) electrons. The van der Waals surface area contributed by atoms with Gasteiger partial charge >= 0.3 is 0 Å². The second-order valence-corrected chi connectivity index (χ2v) is 7.83. The topological polar surface area (TPSA) is 82.9 Å². The zero-order valence-corrected chi connectivity index (χ0v) is 19.6. The predicted octanol–water partition coefficient (Wildman–Crippen LogP) is 5.02. The number of hydrogen-bond acceptors (Lipinski definition) is 4. The lowest BCUT2D eigenvalue weighted by Crippen LogP contribution is -2.21. The molecule has 2 rings (SSSR count). The maximum atomic E-state index is 12.1. The summed E-state index contributed by atoms with van der Waals surface area (Å²) in [5.74, 6) is -0.289. The SMILES string of the molecule is CCC(=NNC(=O)CCCCC(=O)NN=C(CC)c1ccc(C)cc1)c1ccc(C)cc1. The van der Waals surface area contributed by atoms with E-state index in [9.17, 15) is 9.59 Å². The number of unbranched alkanes of at least 4 members (excludes halogenated alkanes) is 1. The first-order valence-corrected chi connectivity index (χ1v) is 11.3. The van der Waals surface area contributed by atoms with Gasteiger partial charge in [0.05, 0.1) is 11.4 Å². The quantitative estimate of drug-likeness (QED) is 0.296. The molecule has 2 N–H and O–H groups in total. The molecular weight excluding hydrogens is 400 g/mol. The number of hydrogen-bond donors (Lipinski definition) is 2. The van der Waals surface area contributed by atoms with Gasteiger partial charge in [-0.25, -0.2) is 10.9 Å². The van der Waals surface area contributed by atoms with Crippen LogP contribution >= 0.6 is 0 Å². The Hall–Kier alpha value is -3.28. The maximum absolute atomic E-state index is 12.1. The molecule has 0 aliphatic heterocycles. The van der Waals surface area contributed by atoms with E-state index in [0.717, 1.165) is 35.4 Å². The molecule has 0 aliphatic rings. The normalized spacial score (nSPS) is 11.9. The van der Waals surface area contributed by atoms with E-state index in [1.54, 1.807) is 0 Å². The molecule has 32 heavy (non-hydrogen) atoms. The first-order valence-electron chi connectivity index (χ1n) is 11.3. The molecule has 2 aromatic rings. The second kappa shape index (κ2) is 13.2. The van der Waals surface area contributed by atoms with Gasteiger partial charge < -0.3 is 0 Å². The van der Waals surface area contributed by atoms with Crippen LogP contribution < -0.4 is 10.9 Å². The third-order valence-electron chi connectivity index (χ3n) is 5.13. The van der Waals surface area contributed by atoms with E-state index in [0.29, 0.717) is 25.7 Å². The Morgan fingerprint density at radius 2 is 1.00 bits per heavy atom. The number of hydrazone groups is 2. The van der Waals surface area contributed by atoms with Gasteiger partial charge in [0.2, 0.25) is 11.8 Å². The second-order valence-electron chi connectivity index (χ2n) is 7.83. The molecule has 0 saturated carbocycles. The smallest absolute Gasteiger partial charge is 0.240 e. The summed E-state index contributed by atoms with van der Waals surface area (Å²) in [5, 5.41) is 8.54. The molecule has 170 valence electrons. The predicted molar refractivity (Wildman–Crippen MR) is 131 cm³/mol. The summed E-state index contributed by atoms with van der Waals surface area (Å²) in [6, 6.07) is 16.1. The van der Waals surface area contributed by atoms with Gasteiger partial charge in [-0.05, 0) is 50.7 Å². The number of nitrogens with zero attached hydrogens (tertiary/aromatic N) is 2. The van der Waals surface area contributed by atoms with Crippen LogP contribution in [0.5, 0.6) is 0 Å². The summed E-state index contributed by atoms with van der Waals surface area (Å²) in [4.78, 5) is 24.2. The number of carbonyl (C=O) groups is 2. The molecule has 2 aromatic carbocycles. The van der Waals surface area contributed by atoms with Crippen molar-refractivity contribution in [3.63, 3.8) is 0 Å². The molecule has 6 nitrogen and oxygen atoms in total. The maximum Gasteiger partial charge on any atom is 0.240 e. The molecule has 0 spiro atoms. The van der Waals surface area contributed by atoms with Gasteiger partial charge in [-0.15, -0.1) is 0 Å². The Kier molecular flexibility index (Phi) is 10.3. The van der Waals surface area contributed by atoms with Crippen molar-refractivity contribution >= 4 is 23.2 Å². The van der Waals surface area contributed by atoms with Crippen LogP contribution in [0.15, 0.2) is 58.7 Å². The molecule has 6 heteroatoms. The first kappa shape index (κ1) is 25.0. The summed E-state index contributed by atoms with van der Waals surface area (Å²) in [5.41, 5.74) is 11.3. The van der Waals surface area contributed by atoms with Crippen LogP contribution in [0.2, 0.25) is 0 Å². The number of amides is 2. The van der Waals surface area contributed by atoms with E-state index in [4.69, 9.17) is 0 Å². The van der Waals surface area contributed by atoms with Crippen LogP contribution in [0.1, 0.15) is 74.6 Å². The molecule has 0 heterocycles. The standard InChI is InChI=1S/C26H34N4O2/c1-5-23(21-15-11-19(3)12-16-21)27-29-25(31)9-7-8-10-26(32)30-28-24(6-2)22-17-13-20(4)14-18-22/h11-18H,5-10H2,1-4H3,(H,29,31)(H,30,32). The number of rotatable bonds is 11. The lowest BCUT2D eigenvalue weighted by Gasteiger charge is -2.07. The lowest BCUT2D eigenvalue weighted by molar-refractivity contribution is -0.123. The molecule has 0 saturated heterocycles. The van der Waals surface area contributed by atoms with Crippen LogP contribution in [0, 0.1) is 13.8 Å². The van der Waals surface area contributed by atoms with Crippen LogP contribution in [0.4, 0.5) is 0 Å². The Balaban J connectivity index is 1.72. The monoisotopic (exact) mass is 434 g/mol. The van der Waals surface area contributed by atoms with E-state index < -0.39 is 0 Å². The highest BCUT2D eigenvalue weighted by Gasteiger charge is 2.07. The van der Waals surface area contributed by atoms with Gasteiger partial charge in [-0.3, -0.25) is 9.59 Å². The van der Waals surface area contributed by atoms with Crippen LogP contribution in [-0.2, 0) is 9.59 Å². The Bertz CT molecular complexity index is 865. The summed E-state index contributed by atoms with van der Waals surface area (Å²) in [6.45, 7) is 8.09. The Labute approximate surface area is 191 Å². The molecule has 2 amide bonds. The van der Waals surface area contributed by atoms with Crippen molar-refractivity contribution in [2.45, 2.75) is 66.2 Å². The minimum absolute atomic E-state index is 0.144. The summed E-state index contributed by atoms with van der Waals surface area (Å²) in [7, 11) is 0. The van der Waals surface area contributed by atoms with Gasteiger partial charge in [-0.2, -0.15) is 10.2 Å². The third-order valence-corrected chi connectivity index (χ3v) is 5.13. The Morgan fingerprint density at radius 1 is 0.656 bits per heavy atom. The number of nitrogens with one attached hydrogen (secondary N) is 2. The largest absolute Gasteiger partial charge is 0.273 e. The highest BCUT2D eigenvalue weighted by molar-refractivity contribution is 6.01. The van der Waals surface area contributed by atoms with Gasteiger partial charge in [0.25, 0.3) is 0 Å². The van der Waals surface area contributed by atoms with Crippen molar-refractivity contribution in [2.75, 3.05) is 0 Å². The molecule has 0 atom stereocenters. The summed E-state index contributed by atoms with van der Waals surface area (Å²) < 4.78 is 0. The fourth-order valence-electron chi connectivity index (χ4n) is 3.13. The van der Waals surface area contributed by atoms with E-state index in [1.807, 2.05) is 76.2 Å². The highest BCUT2D eigenvalue weighted by atomic mass is 16.2. The van der Waals surface area contributed by atoms with Crippen molar-refractivity contribution in [3.05, 3.63) is 70.8 Å². The molecule has 0 unspecified atom stereocenters. The third kappa shape index (κ3) is 8.46. The molecular formula is C26H34N4O2. The number of carbonyl (C=O) groups excluding carboxylic acids is 2. The minimum Gasteiger partial charge on any atom is -0.273 e. The van der Waals surface area contributed by atoms with E-state index in [1.165, 1.54) is 11.1 Å². The van der Waals surface area contributed by atoms with Crippen molar-refractivity contribution in [2.24, 2.45) is 10.2 Å². The average Bonchev–Trinajstić information content (AvgIpc) is 2.79. The van der Waals surface area contributed by atoms with Gasteiger partial charge in [0.1, 0.15) is 0 Å². The highest BCUT2D eigenvalue weighted by Crippen LogP contribution is 2.08. The zero-order valence-electron chi connectivity index (χ0n) is 19.6. The van der Waals surface area contributed by atoms with E-state index >= 15 is 0 Å². The van der Waals surface area contributed by atoms with Crippen molar-refractivity contribution < 1.29 is 9.59 Å². The van der Waals surface area contributed by atoms with Gasteiger partial charge in [0.15, 0.2) is 0 Å². The molecule has 0 fully saturated rings. The Morgan fingerprint density at radius 3 is 1.31 bits per heavy atom. The summed E-state index contributed by atoms with van der Waals surface area (Å²) >= 11 is 0. The first-order chi connectivity index (χ1) is 15.4. The van der Waals surface area contributed by atoms with Crippen molar-refractivity contribution in [1.29, 1.82) is 0 Å². The fourth-order valence-corrected chi connectivity index (χ4v) is 3.13. The molecule has 0 aromatic heterocycles. The van der Waals surface area contributed by atoms with E-state index in [2.05, 4.69) is 21.1 Å². The molecule has 0 bridgehead atoms. The van der Waals surface area contributed by atoms with Crippen molar-refractivity contribution in [1.82, 2.24) is 10.9 Å². The van der Waals surface area contributed by atoms with Crippen LogP contribution in [0.25, 0.3) is 0 Å². The lowest BCUT2D eigenvalue weighted by atomic mass is 10.1. The van der Waals surface area contributed by atoms with Gasteiger partial charge in [0, 0.05) is 12.8 Å². The van der Waals surface area contributed by atoms with Gasteiger partial charge in [-0.1, -0.05) is 73.5 Å². The van der Waals surface area contributed by atoms with Crippen molar-refractivity contribution in [3.8, 4) is 0 Å². The average molecular weight is 435 g/mol. The zero-order chi connectivity index (χ0) is 23.3. The van der Waals surface area contributed by atoms with Crippen LogP contribution in [0.3, 0.4) is 0 Å². The number of benzene rings is 2. The van der Waals surface area contributed by atoms with Crippen LogP contribution in [-0.4, -0.2) is 23.2 Å². The number of aryl methyl sites for hydroxylation is 2. The fraction of sp³-hybridized carbons (Fsp3) is 0.385. The van der Waals surface area contributed by atoms with E-state index in [-0.39, 0.29) is 11.8 Å². The minimum atomic E-state index is -0.144.